The van der Waals surface area contributed by atoms with Crippen molar-refractivity contribution in [3.63, 3.8) is 0 Å². The Morgan fingerprint density at radius 2 is 1.88 bits per heavy atom. The SMILES string of the molecule is CCn1c(=O)n(CC(=O)NC2(C)CCCCC2C(=O)O)c2ccccc21. The summed E-state index contributed by atoms with van der Waals surface area (Å²) in [5, 5.41) is 12.4. The van der Waals surface area contributed by atoms with Crippen LogP contribution in [0.4, 0.5) is 0 Å². The van der Waals surface area contributed by atoms with Crippen LogP contribution in [0.1, 0.15) is 39.5 Å². The molecule has 3 rings (SSSR count). The van der Waals surface area contributed by atoms with Crippen LogP contribution in [0.3, 0.4) is 0 Å². The van der Waals surface area contributed by atoms with E-state index in [2.05, 4.69) is 5.32 Å². The minimum Gasteiger partial charge on any atom is -0.481 e. The van der Waals surface area contributed by atoms with Crippen molar-refractivity contribution in [3.8, 4) is 0 Å². The van der Waals surface area contributed by atoms with Gasteiger partial charge in [-0.25, -0.2) is 4.79 Å². The van der Waals surface area contributed by atoms with E-state index in [1.54, 1.807) is 11.5 Å². The van der Waals surface area contributed by atoms with Gasteiger partial charge in [-0.15, -0.1) is 0 Å². The van der Waals surface area contributed by atoms with Crippen molar-refractivity contribution in [2.24, 2.45) is 5.92 Å². The first kappa shape index (κ1) is 18.2. The number of rotatable bonds is 5. The zero-order valence-corrected chi connectivity index (χ0v) is 15.2. The Morgan fingerprint density at radius 1 is 1.23 bits per heavy atom. The molecule has 2 unspecified atom stereocenters. The van der Waals surface area contributed by atoms with Gasteiger partial charge in [0.15, 0.2) is 0 Å². The van der Waals surface area contributed by atoms with Crippen molar-refractivity contribution in [2.75, 3.05) is 0 Å². The Balaban J connectivity index is 1.87. The minimum atomic E-state index is -0.882. The van der Waals surface area contributed by atoms with Gasteiger partial charge in [0.1, 0.15) is 6.54 Å². The first-order chi connectivity index (χ1) is 12.4. The molecule has 1 aromatic carbocycles. The highest BCUT2D eigenvalue weighted by Gasteiger charge is 2.42. The van der Waals surface area contributed by atoms with Crippen LogP contribution in [0.15, 0.2) is 29.1 Å². The lowest BCUT2D eigenvalue weighted by Gasteiger charge is -2.39. The Kier molecular flexibility index (Phi) is 4.89. The third-order valence-corrected chi connectivity index (χ3v) is 5.47. The Morgan fingerprint density at radius 3 is 2.50 bits per heavy atom. The summed E-state index contributed by atoms with van der Waals surface area (Å²) in [4.78, 5) is 36.9. The van der Waals surface area contributed by atoms with Crippen LogP contribution in [-0.2, 0) is 22.7 Å². The molecule has 7 heteroatoms. The number of carboxylic acid groups (broad SMARTS) is 1. The molecule has 0 radical (unpaired) electrons. The van der Waals surface area contributed by atoms with Gasteiger partial charge in [0.25, 0.3) is 0 Å². The van der Waals surface area contributed by atoms with E-state index in [1.807, 2.05) is 31.2 Å². The number of nitrogens with zero attached hydrogens (tertiary/aromatic N) is 2. The molecule has 0 saturated heterocycles. The second-order valence-electron chi connectivity index (χ2n) is 7.20. The molecule has 26 heavy (non-hydrogen) atoms. The highest BCUT2D eigenvalue weighted by Crippen LogP contribution is 2.33. The second kappa shape index (κ2) is 6.97. The maximum Gasteiger partial charge on any atom is 0.329 e. The molecule has 0 aliphatic heterocycles. The molecule has 1 saturated carbocycles. The summed E-state index contributed by atoms with van der Waals surface area (Å²) in [5.41, 5.74) is 0.485. The van der Waals surface area contributed by atoms with E-state index >= 15 is 0 Å². The molecule has 2 aromatic rings. The van der Waals surface area contributed by atoms with Gasteiger partial charge in [0, 0.05) is 6.54 Å². The number of benzene rings is 1. The van der Waals surface area contributed by atoms with Crippen LogP contribution < -0.4 is 11.0 Å². The predicted molar refractivity (Wildman–Crippen MR) is 98.0 cm³/mol. The number of hydrogen-bond acceptors (Lipinski definition) is 3. The summed E-state index contributed by atoms with van der Waals surface area (Å²) in [6, 6.07) is 7.37. The molecule has 140 valence electrons. The summed E-state index contributed by atoms with van der Waals surface area (Å²) in [7, 11) is 0. The van der Waals surface area contributed by atoms with Gasteiger partial charge in [-0.1, -0.05) is 25.0 Å². The van der Waals surface area contributed by atoms with E-state index in [9.17, 15) is 19.5 Å². The van der Waals surface area contributed by atoms with Crippen molar-refractivity contribution in [1.82, 2.24) is 14.5 Å². The molecule has 7 nitrogen and oxygen atoms in total. The Labute approximate surface area is 151 Å². The Bertz CT molecular complexity index is 898. The van der Waals surface area contributed by atoms with Crippen molar-refractivity contribution >= 4 is 22.9 Å². The molecule has 0 spiro atoms. The normalized spacial score (nSPS) is 23.1. The van der Waals surface area contributed by atoms with E-state index in [-0.39, 0.29) is 18.1 Å². The zero-order chi connectivity index (χ0) is 18.9. The number of fused-ring (bicyclic) bond motifs is 1. The maximum atomic E-state index is 12.7. The number of aromatic nitrogens is 2. The van der Waals surface area contributed by atoms with Crippen molar-refractivity contribution < 1.29 is 14.7 Å². The van der Waals surface area contributed by atoms with Gasteiger partial charge in [-0.3, -0.25) is 18.7 Å². The van der Waals surface area contributed by atoms with Gasteiger partial charge in [0.2, 0.25) is 5.91 Å². The van der Waals surface area contributed by atoms with E-state index < -0.39 is 17.4 Å². The third kappa shape index (κ3) is 3.13. The molecule has 1 heterocycles. The topological polar surface area (TPSA) is 93.3 Å². The van der Waals surface area contributed by atoms with Crippen molar-refractivity contribution in [2.45, 2.75) is 58.2 Å². The average Bonchev–Trinajstić information content (AvgIpc) is 2.86. The number of amides is 1. The molecular weight excluding hydrogens is 334 g/mol. The number of nitrogens with one attached hydrogen (secondary N) is 1. The summed E-state index contributed by atoms with van der Waals surface area (Å²) < 4.78 is 3.08. The molecular formula is C19H25N3O4. The third-order valence-electron chi connectivity index (χ3n) is 5.47. The maximum absolute atomic E-state index is 12.7. The number of hydrogen-bond donors (Lipinski definition) is 2. The van der Waals surface area contributed by atoms with E-state index in [0.717, 1.165) is 18.4 Å². The number of carboxylic acids is 1. The average molecular weight is 359 g/mol. The number of para-hydroxylation sites is 2. The van der Waals surface area contributed by atoms with E-state index in [0.29, 0.717) is 24.9 Å². The first-order valence-corrected chi connectivity index (χ1v) is 9.09. The minimum absolute atomic E-state index is 0.117. The van der Waals surface area contributed by atoms with Crippen LogP contribution in [0.2, 0.25) is 0 Å². The summed E-state index contributed by atoms with van der Waals surface area (Å²) >= 11 is 0. The van der Waals surface area contributed by atoms with Gasteiger partial charge in [-0.2, -0.15) is 0 Å². The smallest absolute Gasteiger partial charge is 0.329 e. The fraction of sp³-hybridized carbons (Fsp3) is 0.526. The number of aryl methyl sites for hydroxylation is 1. The van der Waals surface area contributed by atoms with Gasteiger partial charge < -0.3 is 10.4 Å². The van der Waals surface area contributed by atoms with Crippen LogP contribution >= 0.6 is 0 Å². The molecule has 1 aliphatic carbocycles. The molecule has 1 fully saturated rings. The lowest BCUT2D eigenvalue weighted by Crippen LogP contribution is -2.56. The van der Waals surface area contributed by atoms with Gasteiger partial charge >= 0.3 is 11.7 Å². The molecule has 2 atom stereocenters. The standard InChI is InChI=1S/C19H25N3O4/c1-3-21-14-9-4-5-10-15(14)22(18(21)26)12-16(23)20-19(2)11-7-6-8-13(19)17(24)25/h4-5,9-10,13H,3,6-8,11-12H2,1-2H3,(H,20,23)(H,24,25). The summed E-state index contributed by atoms with van der Waals surface area (Å²) in [5.74, 6) is -1.82. The molecule has 1 aliphatic rings. The van der Waals surface area contributed by atoms with Crippen LogP contribution in [0, 0.1) is 5.92 Å². The Hall–Kier alpha value is -2.57. The van der Waals surface area contributed by atoms with Crippen molar-refractivity contribution in [1.29, 1.82) is 0 Å². The lowest BCUT2D eigenvalue weighted by molar-refractivity contribution is -0.146. The fourth-order valence-corrected chi connectivity index (χ4v) is 4.11. The van der Waals surface area contributed by atoms with E-state index in [1.165, 1.54) is 4.57 Å². The number of carbonyl (C=O) groups is 2. The summed E-state index contributed by atoms with van der Waals surface area (Å²) in [6.07, 6.45) is 2.92. The summed E-state index contributed by atoms with van der Waals surface area (Å²) in [6.45, 7) is 4.08. The van der Waals surface area contributed by atoms with Crippen LogP contribution in [-0.4, -0.2) is 31.7 Å². The molecule has 1 aromatic heterocycles. The molecule has 1 amide bonds. The molecule has 0 bridgehead atoms. The highest BCUT2D eigenvalue weighted by molar-refractivity contribution is 5.82. The number of carbonyl (C=O) groups excluding carboxylic acids is 1. The van der Waals surface area contributed by atoms with E-state index in [4.69, 9.17) is 0 Å². The second-order valence-corrected chi connectivity index (χ2v) is 7.20. The highest BCUT2D eigenvalue weighted by atomic mass is 16.4. The molecule has 2 N–H and O–H groups in total. The number of aliphatic carboxylic acids is 1. The van der Waals surface area contributed by atoms with Crippen LogP contribution in [0.25, 0.3) is 11.0 Å². The zero-order valence-electron chi connectivity index (χ0n) is 15.2. The fourth-order valence-electron chi connectivity index (χ4n) is 4.11. The largest absolute Gasteiger partial charge is 0.481 e. The van der Waals surface area contributed by atoms with Gasteiger partial charge in [0.05, 0.1) is 22.5 Å². The van der Waals surface area contributed by atoms with Gasteiger partial charge in [-0.05, 0) is 38.8 Å². The monoisotopic (exact) mass is 359 g/mol. The first-order valence-electron chi connectivity index (χ1n) is 9.09. The lowest BCUT2D eigenvalue weighted by atomic mass is 9.74. The van der Waals surface area contributed by atoms with Crippen LogP contribution in [0.5, 0.6) is 0 Å². The number of imidazole rings is 1. The quantitative estimate of drug-likeness (QED) is 0.853. The van der Waals surface area contributed by atoms with Crippen molar-refractivity contribution in [3.05, 3.63) is 34.7 Å². The predicted octanol–water partition coefficient (Wildman–Crippen LogP) is 1.97.